The number of ether oxygens (including phenoxy) is 1. The van der Waals surface area contributed by atoms with Crippen LogP contribution in [0.25, 0.3) is 0 Å². The van der Waals surface area contributed by atoms with Gasteiger partial charge in [-0.05, 0) is 19.1 Å². The zero-order chi connectivity index (χ0) is 9.84. The van der Waals surface area contributed by atoms with E-state index in [1.165, 1.54) is 19.1 Å². The van der Waals surface area contributed by atoms with E-state index in [4.69, 9.17) is 5.11 Å². The first-order valence-corrected chi connectivity index (χ1v) is 3.78. The van der Waals surface area contributed by atoms with Crippen LogP contribution in [0.2, 0.25) is 0 Å². The Labute approximate surface area is 75.4 Å². The molecule has 0 saturated heterocycles. The van der Waals surface area contributed by atoms with E-state index in [9.17, 15) is 9.90 Å². The van der Waals surface area contributed by atoms with Gasteiger partial charge in [0.2, 0.25) is 0 Å². The second-order valence-corrected chi connectivity index (χ2v) is 2.52. The van der Waals surface area contributed by atoms with Crippen molar-refractivity contribution in [3.05, 3.63) is 29.8 Å². The van der Waals surface area contributed by atoms with Gasteiger partial charge in [-0.15, -0.1) is 0 Å². The Hall–Kier alpha value is -1.55. The summed E-state index contributed by atoms with van der Waals surface area (Å²) in [4.78, 5) is 11.1. The molecule has 0 bridgehead atoms. The van der Waals surface area contributed by atoms with Crippen molar-refractivity contribution in [1.29, 1.82) is 0 Å². The lowest BCUT2D eigenvalue weighted by molar-refractivity contribution is -0.0524. The minimum absolute atomic E-state index is 0.0448. The molecule has 0 fully saturated rings. The largest absolute Gasteiger partial charge is 0.507 e. The maximum atomic E-state index is 11.1. The van der Waals surface area contributed by atoms with Gasteiger partial charge in [0.05, 0.1) is 0 Å². The third-order valence-electron chi connectivity index (χ3n) is 1.40. The van der Waals surface area contributed by atoms with Crippen LogP contribution in [0.4, 0.5) is 0 Å². The number of para-hydroxylation sites is 1. The Kier molecular flexibility index (Phi) is 2.87. The molecule has 1 rings (SSSR count). The molecule has 2 N–H and O–H groups in total. The fraction of sp³-hybridized carbons (Fsp3) is 0.222. The van der Waals surface area contributed by atoms with E-state index in [2.05, 4.69) is 4.74 Å². The molecule has 0 spiro atoms. The Morgan fingerprint density at radius 3 is 2.62 bits per heavy atom. The number of esters is 1. The summed E-state index contributed by atoms with van der Waals surface area (Å²) in [6.07, 6.45) is -1.17. The zero-order valence-corrected chi connectivity index (χ0v) is 7.10. The second kappa shape index (κ2) is 3.91. The Bertz CT molecular complexity index is 306. The number of phenols is 1. The van der Waals surface area contributed by atoms with Gasteiger partial charge in [-0.3, -0.25) is 0 Å². The van der Waals surface area contributed by atoms with Gasteiger partial charge in [-0.25, -0.2) is 4.79 Å². The minimum atomic E-state index is -1.17. The molecule has 0 heterocycles. The number of hydrogen-bond donors (Lipinski definition) is 2. The number of phenolic OH excluding ortho intramolecular Hbond substituents is 1. The summed E-state index contributed by atoms with van der Waals surface area (Å²) in [5, 5.41) is 18.0. The van der Waals surface area contributed by atoms with Crippen LogP contribution in [0.5, 0.6) is 5.75 Å². The molecule has 1 atom stereocenters. The van der Waals surface area contributed by atoms with Gasteiger partial charge in [0, 0.05) is 0 Å². The molecule has 0 aromatic heterocycles. The topological polar surface area (TPSA) is 66.8 Å². The molecule has 4 nitrogen and oxygen atoms in total. The Morgan fingerprint density at radius 2 is 2.08 bits per heavy atom. The molecule has 1 unspecified atom stereocenters. The van der Waals surface area contributed by atoms with Crippen molar-refractivity contribution < 1.29 is 19.7 Å². The van der Waals surface area contributed by atoms with E-state index in [0.29, 0.717) is 0 Å². The molecule has 1 aromatic carbocycles. The molecule has 0 aliphatic carbocycles. The van der Waals surface area contributed by atoms with Crippen LogP contribution >= 0.6 is 0 Å². The third-order valence-corrected chi connectivity index (χ3v) is 1.40. The van der Waals surface area contributed by atoms with Crippen molar-refractivity contribution in [3.63, 3.8) is 0 Å². The van der Waals surface area contributed by atoms with Crippen molar-refractivity contribution in [3.8, 4) is 5.75 Å². The lowest BCUT2D eigenvalue weighted by atomic mass is 10.2. The number of aliphatic hydroxyl groups excluding tert-OH is 1. The van der Waals surface area contributed by atoms with Crippen LogP contribution in [0.15, 0.2) is 24.3 Å². The predicted octanol–water partition coefficient (Wildman–Crippen LogP) is 0.887. The van der Waals surface area contributed by atoms with E-state index in [1.807, 2.05) is 0 Å². The van der Waals surface area contributed by atoms with Crippen molar-refractivity contribution in [2.45, 2.75) is 13.2 Å². The standard InChI is InChI=1S/C9H10O4/c1-6(10)13-9(12)7-4-2-3-5-8(7)11/h2-6,10-11H,1H3. The van der Waals surface area contributed by atoms with Crippen molar-refractivity contribution in [1.82, 2.24) is 0 Å². The quantitative estimate of drug-likeness (QED) is 0.526. The highest BCUT2D eigenvalue weighted by Gasteiger charge is 2.13. The van der Waals surface area contributed by atoms with Gasteiger partial charge < -0.3 is 14.9 Å². The summed E-state index contributed by atoms with van der Waals surface area (Å²) >= 11 is 0. The molecule has 1 aromatic rings. The smallest absolute Gasteiger partial charge is 0.344 e. The molecule has 4 heteroatoms. The van der Waals surface area contributed by atoms with Crippen LogP contribution in [0.1, 0.15) is 17.3 Å². The highest BCUT2D eigenvalue weighted by atomic mass is 16.6. The van der Waals surface area contributed by atoms with Gasteiger partial charge in [0.25, 0.3) is 0 Å². The average molecular weight is 182 g/mol. The minimum Gasteiger partial charge on any atom is -0.507 e. The number of aromatic hydroxyl groups is 1. The van der Waals surface area contributed by atoms with Crippen LogP contribution in [0, 0.1) is 0 Å². The molecule has 13 heavy (non-hydrogen) atoms. The van der Waals surface area contributed by atoms with Crippen molar-refractivity contribution >= 4 is 5.97 Å². The first-order valence-electron chi connectivity index (χ1n) is 3.78. The fourth-order valence-electron chi connectivity index (χ4n) is 0.865. The van der Waals surface area contributed by atoms with Crippen LogP contribution in [0.3, 0.4) is 0 Å². The van der Waals surface area contributed by atoms with Crippen LogP contribution in [-0.2, 0) is 4.74 Å². The van der Waals surface area contributed by atoms with Gasteiger partial charge in [0.15, 0.2) is 6.29 Å². The number of hydrogen-bond acceptors (Lipinski definition) is 4. The SMILES string of the molecule is CC(O)OC(=O)c1ccccc1O. The number of carbonyl (C=O) groups excluding carboxylic acids is 1. The molecule has 0 saturated carbocycles. The van der Waals surface area contributed by atoms with Gasteiger partial charge >= 0.3 is 5.97 Å². The third kappa shape index (κ3) is 2.45. The second-order valence-electron chi connectivity index (χ2n) is 2.52. The van der Waals surface area contributed by atoms with Gasteiger partial charge in [-0.2, -0.15) is 0 Å². The van der Waals surface area contributed by atoms with E-state index < -0.39 is 12.3 Å². The van der Waals surface area contributed by atoms with Crippen LogP contribution < -0.4 is 0 Å². The van der Waals surface area contributed by atoms with Crippen molar-refractivity contribution in [2.24, 2.45) is 0 Å². The van der Waals surface area contributed by atoms with Gasteiger partial charge in [0.1, 0.15) is 11.3 Å². The maximum absolute atomic E-state index is 11.1. The molecular weight excluding hydrogens is 172 g/mol. The number of carbonyl (C=O) groups is 1. The van der Waals surface area contributed by atoms with Crippen molar-refractivity contribution in [2.75, 3.05) is 0 Å². The Morgan fingerprint density at radius 1 is 1.46 bits per heavy atom. The molecule has 0 amide bonds. The van der Waals surface area contributed by atoms with E-state index in [0.717, 1.165) is 0 Å². The van der Waals surface area contributed by atoms with E-state index in [-0.39, 0.29) is 11.3 Å². The summed E-state index contributed by atoms with van der Waals surface area (Å²) in [6.45, 7) is 1.32. The maximum Gasteiger partial charge on any atom is 0.344 e. The first kappa shape index (κ1) is 9.54. The number of aliphatic hydroxyl groups is 1. The highest BCUT2D eigenvalue weighted by molar-refractivity contribution is 5.92. The van der Waals surface area contributed by atoms with E-state index in [1.54, 1.807) is 12.1 Å². The fourth-order valence-corrected chi connectivity index (χ4v) is 0.865. The highest BCUT2D eigenvalue weighted by Crippen LogP contribution is 2.16. The average Bonchev–Trinajstić information content (AvgIpc) is 2.03. The summed E-state index contributed by atoms with van der Waals surface area (Å²) in [5.74, 6) is -0.902. The van der Waals surface area contributed by atoms with Gasteiger partial charge in [-0.1, -0.05) is 12.1 Å². The first-order chi connectivity index (χ1) is 6.11. The lowest BCUT2D eigenvalue weighted by Gasteiger charge is -2.07. The Balaban J connectivity index is 2.83. The monoisotopic (exact) mass is 182 g/mol. The summed E-state index contributed by atoms with van der Waals surface area (Å²) in [6, 6.07) is 5.98. The van der Waals surface area contributed by atoms with E-state index >= 15 is 0 Å². The molecular formula is C9H10O4. The predicted molar refractivity (Wildman–Crippen MR) is 45.2 cm³/mol. The molecule has 70 valence electrons. The summed E-state index contributed by atoms with van der Waals surface area (Å²) < 4.78 is 4.47. The summed E-state index contributed by atoms with van der Waals surface area (Å²) in [5.41, 5.74) is 0.0448. The zero-order valence-electron chi connectivity index (χ0n) is 7.10. The number of rotatable bonds is 2. The normalized spacial score (nSPS) is 12.2. The molecule has 0 radical (unpaired) electrons. The summed E-state index contributed by atoms with van der Waals surface area (Å²) in [7, 11) is 0. The van der Waals surface area contributed by atoms with Crippen LogP contribution in [-0.4, -0.2) is 22.5 Å². The molecule has 0 aliphatic rings. The lowest BCUT2D eigenvalue weighted by Crippen LogP contribution is -2.13. The molecule has 0 aliphatic heterocycles. The number of benzene rings is 1.